The molecular weight excluding hydrogens is 314 g/mol. The molecule has 3 rings (SSSR count). The predicted molar refractivity (Wildman–Crippen MR) is 99.4 cm³/mol. The molecule has 1 N–H and O–H groups in total. The molecule has 0 aromatic heterocycles. The van der Waals surface area contributed by atoms with Gasteiger partial charge in [0.05, 0.1) is 13.2 Å². The fourth-order valence-electron chi connectivity index (χ4n) is 2.70. The van der Waals surface area contributed by atoms with Crippen LogP contribution in [-0.2, 0) is 18.0 Å². The summed E-state index contributed by atoms with van der Waals surface area (Å²) in [6.45, 7) is 2.72. The zero-order valence-corrected chi connectivity index (χ0v) is 14.8. The summed E-state index contributed by atoms with van der Waals surface area (Å²) < 4.78 is 5.73. The van der Waals surface area contributed by atoms with Crippen molar-refractivity contribution in [1.82, 2.24) is 9.80 Å². The number of benzene rings is 2. The lowest BCUT2D eigenvalue weighted by atomic mass is 10.1. The highest BCUT2D eigenvalue weighted by atomic mass is 16.5. The summed E-state index contributed by atoms with van der Waals surface area (Å²) >= 11 is 0. The van der Waals surface area contributed by atoms with Crippen molar-refractivity contribution in [2.75, 3.05) is 32.5 Å². The smallest absolute Gasteiger partial charge is 0.321 e. The van der Waals surface area contributed by atoms with Crippen LogP contribution < -0.4 is 5.32 Å². The highest BCUT2D eigenvalue weighted by Crippen LogP contribution is 2.16. The maximum absolute atomic E-state index is 12.1. The standard InChI is InChI=1S/C20H25N3O2/c1-22(2)19-12-23(13-19)20(24)21-18-10-8-17(9-11-18)15-25-14-16-6-4-3-5-7-16/h3-11,19H,12-15H2,1-2H3,(H,21,24). The molecule has 2 aromatic rings. The number of likely N-dealkylation sites (tertiary alicyclic amines) is 1. The van der Waals surface area contributed by atoms with Crippen LogP contribution in [0.2, 0.25) is 0 Å². The Bertz CT molecular complexity index is 680. The van der Waals surface area contributed by atoms with Crippen molar-refractivity contribution in [3.8, 4) is 0 Å². The van der Waals surface area contributed by atoms with Crippen molar-refractivity contribution >= 4 is 11.7 Å². The van der Waals surface area contributed by atoms with Gasteiger partial charge < -0.3 is 19.9 Å². The number of anilines is 1. The maximum Gasteiger partial charge on any atom is 0.321 e. The number of hydrogen-bond acceptors (Lipinski definition) is 3. The van der Waals surface area contributed by atoms with Crippen LogP contribution in [0.25, 0.3) is 0 Å². The Morgan fingerprint density at radius 2 is 1.64 bits per heavy atom. The van der Waals surface area contributed by atoms with Crippen molar-refractivity contribution < 1.29 is 9.53 Å². The molecule has 2 aromatic carbocycles. The summed E-state index contributed by atoms with van der Waals surface area (Å²) in [7, 11) is 4.08. The van der Waals surface area contributed by atoms with Crippen molar-refractivity contribution in [2.45, 2.75) is 19.3 Å². The quantitative estimate of drug-likeness (QED) is 0.879. The fraction of sp³-hybridized carbons (Fsp3) is 0.350. The van der Waals surface area contributed by atoms with Crippen molar-refractivity contribution in [3.63, 3.8) is 0 Å². The number of nitrogens with one attached hydrogen (secondary N) is 1. The molecule has 0 atom stereocenters. The van der Waals surface area contributed by atoms with Crippen LogP contribution in [0.15, 0.2) is 54.6 Å². The number of rotatable bonds is 6. The van der Waals surface area contributed by atoms with E-state index in [4.69, 9.17) is 4.74 Å². The van der Waals surface area contributed by atoms with E-state index in [0.29, 0.717) is 19.3 Å². The molecule has 132 valence electrons. The van der Waals surface area contributed by atoms with Gasteiger partial charge in [-0.3, -0.25) is 0 Å². The molecule has 5 heteroatoms. The zero-order valence-electron chi connectivity index (χ0n) is 14.8. The van der Waals surface area contributed by atoms with Crippen LogP contribution in [-0.4, -0.2) is 49.1 Å². The van der Waals surface area contributed by atoms with E-state index >= 15 is 0 Å². The monoisotopic (exact) mass is 339 g/mol. The number of carbonyl (C=O) groups excluding carboxylic acids is 1. The number of hydrogen-bond donors (Lipinski definition) is 1. The second kappa shape index (κ2) is 8.14. The average molecular weight is 339 g/mol. The third-order valence-electron chi connectivity index (χ3n) is 4.47. The number of amides is 2. The van der Waals surface area contributed by atoms with E-state index in [2.05, 4.69) is 22.3 Å². The highest BCUT2D eigenvalue weighted by molar-refractivity contribution is 5.89. The van der Waals surface area contributed by atoms with Crippen LogP contribution >= 0.6 is 0 Å². The van der Waals surface area contributed by atoms with Gasteiger partial charge >= 0.3 is 6.03 Å². The molecule has 5 nitrogen and oxygen atoms in total. The first-order valence-electron chi connectivity index (χ1n) is 8.55. The van der Waals surface area contributed by atoms with E-state index in [1.165, 1.54) is 0 Å². The Labute approximate surface area is 149 Å². The van der Waals surface area contributed by atoms with Gasteiger partial charge in [0.1, 0.15) is 0 Å². The van der Waals surface area contributed by atoms with Gasteiger partial charge in [0.15, 0.2) is 0 Å². The van der Waals surface area contributed by atoms with E-state index in [1.54, 1.807) is 0 Å². The van der Waals surface area contributed by atoms with E-state index in [9.17, 15) is 4.79 Å². The molecule has 25 heavy (non-hydrogen) atoms. The van der Waals surface area contributed by atoms with Crippen LogP contribution in [0.4, 0.5) is 10.5 Å². The number of likely N-dealkylation sites (N-methyl/N-ethyl adjacent to an activating group) is 1. The lowest BCUT2D eigenvalue weighted by Crippen LogP contribution is -2.60. The third-order valence-corrected chi connectivity index (χ3v) is 4.47. The summed E-state index contributed by atoms with van der Waals surface area (Å²) in [5.74, 6) is 0. The van der Waals surface area contributed by atoms with E-state index in [0.717, 1.165) is 29.9 Å². The summed E-state index contributed by atoms with van der Waals surface area (Å²) in [6, 6.07) is 18.4. The van der Waals surface area contributed by atoms with Gasteiger partial charge in [0.2, 0.25) is 0 Å². The predicted octanol–water partition coefficient (Wildman–Crippen LogP) is 3.18. The van der Waals surface area contributed by atoms with Crippen LogP contribution in [0, 0.1) is 0 Å². The van der Waals surface area contributed by atoms with Crippen LogP contribution in [0.1, 0.15) is 11.1 Å². The molecule has 1 saturated heterocycles. The Balaban J connectivity index is 1.42. The molecule has 0 bridgehead atoms. The molecule has 1 aliphatic rings. The molecule has 0 spiro atoms. The van der Waals surface area contributed by atoms with Gasteiger partial charge in [0, 0.05) is 24.8 Å². The summed E-state index contributed by atoms with van der Waals surface area (Å²) in [6.07, 6.45) is 0. The molecule has 1 aliphatic heterocycles. The van der Waals surface area contributed by atoms with Crippen molar-refractivity contribution in [2.24, 2.45) is 0 Å². The third kappa shape index (κ3) is 4.81. The number of ether oxygens (including phenoxy) is 1. The van der Waals surface area contributed by atoms with Gasteiger partial charge in [-0.15, -0.1) is 0 Å². The van der Waals surface area contributed by atoms with Gasteiger partial charge in [-0.1, -0.05) is 42.5 Å². The average Bonchev–Trinajstić information content (AvgIpc) is 2.56. The van der Waals surface area contributed by atoms with Gasteiger partial charge in [-0.05, 0) is 37.4 Å². The van der Waals surface area contributed by atoms with Gasteiger partial charge in [-0.2, -0.15) is 0 Å². The Morgan fingerprint density at radius 3 is 2.24 bits per heavy atom. The molecule has 2 amide bonds. The minimum absolute atomic E-state index is 0.0359. The first-order chi connectivity index (χ1) is 12.1. The molecule has 0 unspecified atom stereocenters. The molecular formula is C20H25N3O2. The van der Waals surface area contributed by atoms with E-state index < -0.39 is 0 Å². The first kappa shape index (κ1) is 17.5. The number of urea groups is 1. The minimum Gasteiger partial charge on any atom is -0.372 e. The van der Waals surface area contributed by atoms with Crippen molar-refractivity contribution in [1.29, 1.82) is 0 Å². The second-order valence-electron chi connectivity index (χ2n) is 6.63. The summed E-state index contributed by atoms with van der Waals surface area (Å²) in [4.78, 5) is 16.1. The van der Waals surface area contributed by atoms with Crippen LogP contribution in [0.5, 0.6) is 0 Å². The lowest BCUT2D eigenvalue weighted by molar-refractivity contribution is 0.0942. The van der Waals surface area contributed by atoms with Crippen molar-refractivity contribution in [3.05, 3.63) is 65.7 Å². The summed E-state index contributed by atoms with van der Waals surface area (Å²) in [5.41, 5.74) is 3.06. The fourth-order valence-corrected chi connectivity index (χ4v) is 2.70. The molecule has 1 fully saturated rings. The number of carbonyl (C=O) groups is 1. The SMILES string of the molecule is CN(C)C1CN(C(=O)Nc2ccc(COCc3ccccc3)cc2)C1. The van der Waals surface area contributed by atoms with E-state index in [1.807, 2.05) is 61.5 Å². The highest BCUT2D eigenvalue weighted by Gasteiger charge is 2.31. The van der Waals surface area contributed by atoms with Gasteiger partial charge in [-0.25, -0.2) is 4.79 Å². The molecule has 0 saturated carbocycles. The Morgan fingerprint density at radius 1 is 1.04 bits per heavy atom. The second-order valence-corrected chi connectivity index (χ2v) is 6.63. The first-order valence-corrected chi connectivity index (χ1v) is 8.55. The lowest BCUT2D eigenvalue weighted by Gasteiger charge is -2.42. The molecule has 1 heterocycles. The Hall–Kier alpha value is -2.37. The topological polar surface area (TPSA) is 44.8 Å². The normalized spacial score (nSPS) is 14.4. The molecule has 0 aliphatic carbocycles. The Kier molecular flexibility index (Phi) is 5.68. The molecule has 0 radical (unpaired) electrons. The largest absolute Gasteiger partial charge is 0.372 e. The van der Waals surface area contributed by atoms with Gasteiger partial charge in [0.25, 0.3) is 0 Å². The zero-order chi connectivity index (χ0) is 17.6. The van der Waals surface area contributed by atoms with Crippen LogP contribution in [0.3, 0.4) is 0 Å². The maximum atomic E-state index is 12.1. The minimum atomic E-state index is -0.0359. The number of nitrogens with zero attached hydrogens (tertiary/aromatic N) is 2. The van der Waals surface area contributed by atoms with E-state index in [-0.39, 0.29) is 6.03 Å². The summed E-state index contributed by atoms with van der Waals surface area (Å²) in [5, 5.41) is 2.94.